The van der Waals surface area contributed by atoms with Crippen molar-refractivity contribution in [2.75, 3.05) is 13.1 Å². The normalized spacial score (nSPS) is 15.2. The van der Waals surface area contributed by atoms with Crippen LogP contribution in [0.4, 0.5) is 4.79 Å². The first-order valence-corrected chi connectivity index (χ1v) is 11.4. The van der Waals surface area contributed by atoms with E-state index in [2.05, 4.69) is 0 Å². The number of carbonyl (C=O) groups excluding carboxylic acids is 2. The Hall–Kier alpha value is -2.77. The maximum absolute atomic E-state index is 13.1. The molecule has 0 spiro atoms. The smallest absolute Gasteiger partial charge is 0.410 e. The molecular formula is C26H36ClN3O4. The molecule has 0 unspecified atom stereocenters. The molecule has 2 amide bonds. The van der Waals surface area contributed by atoms with Crippen LogP contribution in [0.15, 0.2) is 54.6 Å². The zero-order chi connectivity index (χ0) is 24.0. The maximum Gasteiger partial charge on any atom is 0.410 e. The van der Waals surface area contributed by atoms with Crippen molar-refractivity contribution in [3.05, 3.63) is 65.7 Å². The molecule has 1 fully saturated rings. The van der Waals surface area contributed by atoms with E-state index in [0.29, 0.717) is 32.5 Å². The van der Waals surface area contributed by atoms with E-state index >= 15 is 0 Å². The summed E-state index contributed by atoms with van der Waals surface area (Å²) < 4.78 is 5.63. The van der Waals surface area contributed by atoms with Crippen LogP contribution < -0.4 is 5.73 Å². The first-order chi connectivity index (χ1) is 15.6. The summed E-state index contributed by atoms with van der Waals surface area (Å²) in [6.45, 7) is 7.55. The number of hydrogen-bond acceptors (Lipinski definition) is 5. The number of rotatable bonds is 6. The Morgan fingerprint density at radius 2 is 1.65 bits per heavy atom. The zero-order valence-corrected chi connectivity index (χ0v) is 21.0. The van der Waals surface area contributed by atoms with Crippen molar-refractivity contribution >= 4 is 24.4 Å². The van der Waals surface area contributed by atoms with Crippen LogP contribution in [0, 0.1) is 5.41 Å². The van der Waals surface area contributed by atoms with E-state index in [0.717, 1.165) is 11.1 Å². The highest BCUT2D eigenvalue weighted by molar-refractivity contribution is 5.85. The van der Waals surface area contributed by atoms with Crippen molar-refractivity contribution in [2.45, 2.75) is 58.8 Å². The molecule has 186 valence electrons. The van der Waals surface area contributed by atoms with Gasteiger partial charge in [-0.3, -0.25) is 4.79 Å². The first kappa shape index (κ1) is 27.5. The Bertz CT molecular complexity index is 923. The van der Waals surface area contributed by atoms with Gasteiger partial charge in [0.1, 0.15) is 12.4 Å². The van der Waals surface area contributed by atoms with E-state index < -0.39 is 6.04 Å². The third kappa shape index (κ3) is 7.37. The quantitative estimate of drug-likeness (QED) is 0.630. The van der Waals surface area contributed by atoms with Crippen LogP contribution in [0.3, 0.4) is 0 Å². The van der Waals surface area contributed by atoms with Crippen LogP contribution in [0.1, 0.15) is 44.7 Å². The molecule has 2 aromatic carbocycles. The molecule has 1 aliphatic heterocycles. The van der Waals surface area contributed by atoms with Crippen molar-refractivity contribution in [1.29, 1.82) is 0 Å². The Morgan fingerprint density at radius 3 is 2.21 bits per heavy atom. The van der Waals surface area contributed by atoms with Gasteiger partial charge in [0.05, 0.1) is 6.04 Å². The molecule has 1 atom stereocenters. The zero-order valence-electron chi connectivity index (χ0n) is 20.1. The number of nitrogens with two attached hydrogens (primary N) is 1. The summed E-state index contributed by atoms with van der Waals surface area (Å²) in [4.78, 5) is 29.4. The van der Waals surface area contributed by atoms with Crippen molar-refractivity contribution in [3.63, 3.8) is 0 Å². The molecule has 1 aliphatic rings. The molecule has 0 aliphatic carbocycles. The summed E-state index contributed by atoms with van der Waals surface area (Å²) in [5.41, 5.74) is 7.70. The number of phenols is 1. The highest BCUT2D eigenvalue weighted by atomic mass is 35.5. The minimum Gasteiger partial charge on any atom is -0.508 e. The van der Waals surface area contributed by atoms with Crippen LogP contribution >= 0.6 is 12.4 Å². The largest absolute Gasteiger partial charge is 0.508 e. The van der Waals surface area contributed by atoms with Gasteiger partial charge >= 0.3 is 6.09 Å². The Balaban J connectivity index is 0.00000408. The molecule has 0 saturated carbocycles. The molecule has 1 heterocycles. The Morgan fingerprint density at radius 1 is 1.06 bits per heavy atom. The van der Waals surface area contributed by atoms with Gasteiger partial charge in [-0.2, -0.15) is 0 Å². The highest BCUT2D eigenvalue weighted by Gasteiger charge is 2.35. The summed E-state index contributed by atoms with van der Waals surface area (Å²) >= 11 is 0. The second kappa shape index (κ2) is 12.1. The molecular weight excluding hydrogens is 454 g/mol. The average molecular weight is 490 g/mol. The van der Waals surface area contributed by atoms with Crippen molar-refractivity contribution < 1.29 is 19.4 Å². The number of aromatic hydroxyl groups is 1. The lowest BCUT2D eigenvalue weighted by Gasteiger charge is -2.40. The number of piperidine rings is 1. The fourth-order valence-electron chi connectivity index (χ4n) is 3.91. The average Bonchev–Trinajstić information content (AvgIpc) is 2.81. The molecule has 1 saturated heterocycles. The lowest BCUT2D eigenvalue weighted by Crippen LogP contribution is -2.54. The van der Waals surface area contributed by atoms with Gasteiger partial charge < -0.3 is 25.4 Å². The summed E-state index contributed by atoms with van der Waals surface area (Å²) in [7, 11) is 0. The number of amides is 2. The molecule has 3 rings (SSSR count). The van der Waals surface area contributed by atoms with Gasteiger partial charge in [0.15, 0.2) is 0 Å². The topological polar surface area (TPSA) is 96.1 Å². The summed E-state index contributed by atoms with van der Waals surface area (Å²) in [5.74, 6) is 0.136. The maximum atomic E-state index is 13.1. The van der Waals surface area contributed by atoms with Gasteiger partial charge in [-0.05, 0) is 41.5 Å². The SMILES string of the molecule is CC(C)(C)[C@H](N)C(=O)N1CCC(N(Cc2ccc(O)cc2)C(=O)OCc2ccccc2)CC1.Cl. The monoisotopic (exact) mass is 489 g/mol. The van der Waals surface area contributed by atoms with E-state index in [1.807, 2.05) is 51.1 Å². The van der Waals surface area contributed by atoms with Crippen LogP contribution in [0.2, 0.25) is 0 Å². The third-order valence-electron chi connectivity index (χ3n) is 6.14. The van der Waals surface area contributed by atoms with Gasteiger partial charge in [0, 0.05) is 25.7 Å². The number of phenolic OH excluding ortho intramolecular Hbond substituents is 1. The third-order valence-corrected chi connectivity index (χ3v) is 6.14. The van der Waals surface area contributed by atoms with E-state index in [-0.39, 0.29) is 48.2 Å². The fourth-order valence-corrected chi connectivity index (χ4v) is 3.91. The number of halogens is 1. The van der Waals surface area contributed by atoms with Gasteiger partial charge in [0.2, 0.25) is 5.91 Å². The number of likely N-dealkylation sites (tertiary alicyclic amines) is 1. The summed E-state index contributed by atoms with van der Waals surface area (Å²) in [6, 6.07) is 15.8. The van der Waals surface area contributed by atoms with E-state index in [4.69, 9.17) is 10.5 Å². The van der Waals surface area contributed by atoms with Gasteiger partial charge in [-0.25, -0.2) is 4.79 Å². The lowest BCUT2D eigenvalue weighted by atomic mass is 9.86. The minimum atomic E-state index is -0.557. The fraction of sp³-hybridized carbons (Fsp3) is 0.462. The van der Waals surface area contributed by atoms with Crippen molar-refractivity contribution in [3.8, 4) is 5.75 Å². The van der Waals surface area contributed by atoms with E-state index in [1.165, 1.54) is 0 Å². The molecule has 7 nitrogen and oxygen atoms in total. The molecule has 3 N–H and O–H groups in total. The molecule has 2 aromatic rings. The second-order valence-corrected chi connectivity index (χ2v) is 9.73. The molecule has 0 radical (unpaired) electrons. The van der Waals surface area contributed by atoms with Crippen LogP contribution in [-0.2, 0) is 22.7 Å². The highest BCUT2D eigenvalue weighted by Crippen LogP contribution is 2.24. The lowest BCUT2D eigenvalue weighted by molar-refractivity contribution is -0.136. The van der Waals surface area contributed by atoms with Crippen LogP contribution in [0.25, 0.3) is 0 Å². The Kier molecular flexibility index (Phi) is 9.77. The van der Waals surface area contributed by atoms with Crippen molar-refractivity contribution in [2.24, 2.45) is 11.1 Å². The van der Waals surface area contributed by atoms with E-state index in [9.17, 15) is 14.7 Å². The molecule has 34 heavy (non-hydrogen) atoms. The molecule has 0 bridgehead atoms. The van der Waals surface area contributed by atoms with Crippen LogP contribution in [0.5, 0.6) is 5.75 Å². The van der Waals surface area contributed by atoms with E-state index in [1.54, 1.807) is 34.1 Å². The second-order valence-electron chi connectivity index (χ2n) is 9.73. The van der Waals surface area contributed by atoms with Gasteiger partial charge in [-0.15, -0.1) is 12.4 Å². The van der Waals surface area contributed by atoms with Crippen LogP contribution in [-0.4, -0.2) is 52.1 Å². The Labute approximate surface area is 208 Å². The molecule has 8 heteroatoms. The standard InChI is InChI=1S/C26H35N3O4.ClH/c1-26(2,3)23(27)24(31)28-15-13-21(14-16-28)29(17-19-9-11-22(30)12-10-19)25(32)33-18-20-7-5-4-6-8-20;/h4-12,21,23,30H,13-18,27H2,1-3H3;1H/t23-;/m1./s1. The van der Waals surface area contributed by atoms with Gasteiger partial charge in [0.25, 0.3) is 0 Å². The van der Waals surface area contributed by atoms with Gasteiger partial charge in [-0.1, -0.05) is 63.2 Å². The number of ether oxygens (including phenoxy) is 1. The summed E-state index contributed by atoms with van der Waals surface area (Å²) in [6.07, 6.45) is 0.922. The van der Waals surface area contributed by atoms with Crippen molar-refractivity contribution in [1.82, 2.24) is 9.80 Å². The predicted octanol–water partition coefficient (Wildman–Crippen LogP) is 4.32. The first-order valence-electron chi connectivity index (χ1n) is 11.4. The number of nitrogens with zero attached hydrogens (tertiary/aromatic N) is 2. The summed E-state index contributed by atoms with van der Waals surface area (Å²) in [5, 5.41) is 9.59. The number of benzene rings is 2. The predicted molar refractivity (Wildman–Crippen MR) is 135 cm³/mol. The number of carbonyl (C=O) groups is 2. The molecule has 0 aromatic heterocycles. The minimum absolute atomic E-state index is 0. The number of hydrogen-bond donors (Lipinski definition) is 2.